The van der Waals surface area contributed by atoms with E-state index in [2.05, 4.69) is 6.26 Å². The van der Waals surface area contributed by atoms with Gasteiger partial charge in [-0.25, -0.2) is 0 Å². The van der Waals surface area contributed by atoms with Crippen molar-refractivity contribution in [2.75, 3.05) is 31.8 Å². The summed E-state index contributed by atoms with van der Waals surface area (Å²) in [6.07, 6.45) is 6.09. The van der Waals surface area contributed by atoms with E-state index in [4.69, 9.17) is 10.5 Å². The molecule has 0 saturated heterocycles. The summed E-state index contributed by atoms with van der Waals surface area (Å²) in [5.74, 6) is 2.58. The fourth-order valence-corrected chi connectivity index (χ4v) is 2.30. The lowest BCUT2D eigenvalue weighted by atomic mass is 9.97. The van der Waals surface area contributed by atoms with Crippen molar-refractivity contribution in [1.82, 2.24) is 0 Å². The van der Waals surface area contributed by atoms with Crippen LogP contribution in [0.3, 0.4) is 0 Å². The average molecular weight is 203 g/mol. The molecule has 0 aromatic heterocycles. The van der Waals surface area contributed by atoms with Crippen LogP contribution in [-0.2, 0) is 4.74 Å². The van der Waals surface area contributed by atoms with Crippen molar-refractivity contribution in [1.29, 1.82) is 0 Å². The first-order valence-corrected chi connectivity index (χ1v) is 6.54. The van der Waals surface area contributed by atoms with Gasteiger partial charge in [0, 0.05) is 12.4 Å². The van der Waals surface area contributed by atoms with Gasteiger partial charge in [-0.15, -0.1) is 0 Å². The maximum absolute atomic E-state index is 5.69. The van der Waals surface area contributed by atoms with Gasteiger partial charge in [-0.05, 0) is 37.5 Å². The minimum Gasteiger partial charge on any atom is -0.380 e. The zero-order valence-corrected chi connectivity index (χ0v) is 9.31. The van der Waals surface area contributed by atoms with E-state index in [1.807, 2.05) is 11.8 Å². The van der Waals surface area contributed by atoms with Crippen molar-refractivity contribution >= 4 is 11.8 Å². The lowest BCUT2D eigenvalue weighted by Crippen LogP contribution is -2.22. The Morgan fingerprint density at radius 3 is 2.85 bits per heavy atom. The second-order valence-electron chi connectivity index (χ2n) is 3.75. The van der Waals surface area contributed by atoms with E-state index in [1.54, 1.807) is 0 Å². The second-order valence-corrected chi connectivity index (χ2v) is 4.74. The zero-order valence-electron chi connectivity index (χ0n) is 8.50. The quantitative estimate of drug-likeness (QED) is 0.668. The highest BCUT2D eigenvalue weighted by molar-refractivity contribution is 7.98. The molecule has 0 bridgehead atoms. The normalized spacial score (nSPS) is 28.2. The van der Waals surface area contributed by atoms with Crippen molar-refractivity contribution in [2.45, 2.75) is 19.3 Å². The fourth-order valence-electron chi connectivity index (χ4n) is 2.02. The van der Waals surface area contributed by atoms with E-state index in [9.17, 15) is 0 Å². The smallest absolute Gasteiger partial charge is 0.0556 e. The molecule has 1 aliphatic rings. The summed E-state index contributed by atoms with van der Waals surface area (Å²) in [7, 11) is 0. The highest BCUT2D eigenvalue weighted by Gasteiger charge is 2.25. The first kappa shape index (κ1) is 11.3. The Balaban J connectivity index is 2.06. The van der Waals surface area contributed by atoms with E-state index < -0.39 is 0 Å². The van der Waals surface area contributed by atoms with E-state index in [0.717, 1.165) is 37.3 Å². The van der Waals surface area contributed by atoms with E-state index in [0.29, 0.717) is 0 Å². The Bertz CT molecular complexity index is 132. The van der Waals surface area contributed by atoms with Crippen LogP contribution in [0.15, 0.2) is 0 Å². The first-order valence-electron chi connectivity index (χ1n) is 5.15. The summed E-state index contributed by atoms with van der Waals surface area (Å²) < 4.78 is 5.61. The van der Waals surface area contributed by atoms with Crippen molar-refractivity contribution < 1.29 is 4.74 Å². The van der Waals surface area contributed by atoms with Gasteiger partial charge in [0.1, 0.15) is 0 Å². The van der Waals surface area contributed by atoms with Gasteiger partial charge in [-0.1, -0.05) is 6.42 Å². The van der Waals surface area contributed by atoms with Crippen LogP contribution >= 0.6 is 11.8 Å². The minimum atomic E-state index is 0.731. The van der Waals surface area contributed by atoms with Crippen LogP contribution < -0.4 is 5.73 Å². The highest BCUT2D eigenvalue weighted by atomic mass is 32.2. The number of rotatable bonds is 6. The van der Waals surface area contributed by atoms with Crippen LogP contribution in [0.2, 0.25) is 0 Å². The standard InChI is InChI=1S/C10H21NOS/c1-13-6-5-12-8-10-4-2-3-9(10)7-11/h9-10H,2-8,11H2,1H3. The molecule has 0 aliphatic heterocycles. The summed E-state index contributed by atoms with van der Waals surface area (Å²) in [6.45, 7) is 2.67. The number of hydrogen-bond donors (Lipinski definition) is 1. The highest BCUT2D eigenvalue weighted by Crippen LogP contribution is 2.30. The third-order valence-corrected chi connectivity index (χ3v) is 3.46. The lowest BCUT2D eigenvalue weighted by Gasteiger charge is -2.17. The molecular formula is C10H21NOS. The third kappa shape index (κ3) is 3.88. The minimum absolute atomic E-state index is 0.731. The van der Waals surface area contributed by atoms with Gasteiger partial charge < -0.3 is 10.5 Å². The Morgan fingerprint density at radius 2 is 2.15 bits per heavy atom. The molecule has 1 rings (SSSR count). The third-order valence-electron chi connectivity index (χ3n) is 2.88. The summed E-state index contributed by atoms with van der Waals surface area (Å²) in [6, 6.07) is 0. The van der Waals surface area contributed by atoms with E-state index in [1.165, 1.54) is 19.3 Å². The Labute approximate surface area is 85.6 Å². The summed E-state index contributed by atoms with van der Waals surface area (Å²) in [5, 5.41) is 0. The summed E-state index contributed by atoms with van der Waals surface area (Å²) >= 11 is 1.84. The van der Waals surface area contributed by atoms with Gasteiger partial charge in [0.25, 0.3) is 0 Å². The molecule has 13 heavy (non-hydrogen) atoms. The lowest BCUT2D eigenvalue weighted by molar-refractivity contribution is 0.0987. The number of thioether (sulfide) groups is 1. The zero-order chi connectivity index (χ0) is 9.52. The topological polar surface area (TPSA) is 35.2 Å². The van der Waals surface area contributed by atoms with Crippen LogP contribution in [-0.4, -0.2) is 31.8 Å². The van der Waals surface area contributed by atoms with Crippen LogP contribution in [0.25, 0.3) is 0 Å². The van der Waals surface area contributed by atoms with Crippen molar-refractivity contribution in [3.8, 4) is 0 Å². The van der Waals surface area contributed by atoms with Crippen molar-refractivity contribution in [3.05, 3.63) is 0 Å². The second kappa shape index (κ2) is 6.68. The molecule has 2 N–H and O–H groups in total. The molecule has 0 heterocycles. The Morgan fingerprint density at radius 1 is 1.38 bits per heavy atom. The molecule has 0 aromatic rings. The van der Waals surface area contributed by atoms with Crippen molar-refractivity contribution in [2.24, 2.45) is 17.6 Å². The van der Waals surface area contributed by atoms with Gasteiger partial charge in [0.2, 0.25) is 0 Å². The molecule has 2 unspecified atom stereocenters. The van der Waals surface area contributed by atoms with Crippen LogP contribution in [0.5, 0.6) is 0 Å². The maximum atomic E-state index is 5.69. The maximum Gasteiger partial charge on any atom is 0.0556 e. The van der Waals surface area contributed by atoms with Crippen molar-refractivity contribution in [3.63, 3.8) is 0 Å². The van der Waals surface area contributed by atoms with Gasteiger partial charge >= 0.3 is 0 Å². The largest absolute Gasteiger partial charge is 0.380 e. The van der Waals surface area contributed by atoms with Crippen LogP contribution in [0, 0.1) is 11.8 Å². The first-order chi connectivity index (χ1) is 6.38. The molecule has 1 aliphatic carbocycles. The average Bonchev–Trinajstić information content (AvgIpc) is 2.60. The van der Waals surface area contributed by atoms with Gasteiger partial charge in [-0.3, -0.25) is 0 Å². The number of hydrogen-bond acceptors (Lipinski definition) is 3. The predicted molar refractivity (Wildman–Crippen MR) is 59.1 cm³/mol. The van der Waals surface area contributed by atoms with Gasteiger partial charge in [-0.2, -0.15) is 11.8 Å². The molecule has 2 atom stereocenters. The molecule has 1 fully saturated rings. The molecular weight excluding hydrogens is 182 g/mol. The molecule has 0 spiro atoms. The fraction of sp³-hybridized carbons (Fsp3) is 1.00. The molecule has 0 radical (unpaired) electrons. The number of ether oxygens (including phenoxy) is 1. The Kier molecular flexibility index (Phi) is 5.83. The summed E-state index contributed by atoms with van der Waals surface area (Å²) in [5.41, 5.74) is 5.69. The molecule has 2 nitrogen and oxygen atoms in total. The monoisotopic (exact) mass is 203 g/mol. The van der Waals surface area contributed by atoms with E-state index >= 15 is 0 Å². The van der Waals surface area contributed by atoms with Gasteiger partial charge in [0.15, 0.2) is 0 Å². The molecule has 78 valence electrons. The SMILES string of the molecule is CSCCOCC1CCCC1CN. The van der Waals surface area contributed by atoms with Crippen LogP contribution in [0.4, 0.5) is 0 Å². The summed E-state index contributed by atoms with van der Waals surface area (Å²) in [4.78, 5) is 0. The molecule has 1 saturated carbocycles. The van der Waals surface area contributed by atoms with Gasteiger partial charge in [0.05, 0.1) is 6.61 Å². The number of nitrogens with two attached hydrogens (primary N) is 1. The molecule has 0 amide bonds. The molecule has 0 aromatic carbocycles. The van der Waals surface area contributed by atoms with Crippen LogP contribution in [0.1, 0.15) is 19.3 Å². The van der Waals surface area contributed by atoms with E-state index in [-0.39, 0.29) is 0 Å². The molecule has 3 heteroatoms. The predicted octanol–water partition coefficient (Wildman–Crippen LogP) is 1.74. The Hall–Kier alpha value is 0.270.